The van der Waals surface area contributed by atoms with Crippen LogP contribution in [-0.2, 0) is 22.5 Å². The summed E-state index contributed by atoms with van der Waals surface area (Å²) in [5.41, 5.74) is 18.4. The molecular weight excluding hydrogens is 528 g/mol. The molecule has 3 atom stereocenters. The van der Waals surface area contributed by atoms with Gasteiger partial charge in [0.15, 0.2) is 0 Å². The van der Waals surface area contributed by atoms with E-state index in [4.69, 9.17) is 30.8 Å². The lowest BCUT2D eigenvalue weighted by molar-refractivity contribution is -0.896. The quantitative estimate of drug-likeness (QED) is 0.263. The molecule has 5 rings (SSSR count). The van der Waals surface area contributed by atoms with Crippen molar-refractivity contribution in [1.29, 1.82) is 0 Å². The third kappa shape index (κ3) is 6.31. The molecule has 1 aromatic heterocycles. The van der Waals surface area contributed by atoms with Crippen molar-refractivity contribution >= 4 is 16.5 Å². The Morgan fingerprint density at radius 3 is 2.76 bits per heavy atom. The van der Waals surface area contributed by atoms with Gasteiger partial charge >= 0.3 is 0 Å². The second-order valence-electron chi connectivity index (χ2n) is 12.5. The molecule has 0 amide bonds. The van der Waals surface area contributed by atoms with Gasteiger partial charge in [-0.2, -0.15) is 0 Å². The number of nitrogens with zero attached hydrogens (tertiary/aromatic N) is 4. The molecule has 2 aliphatic heterocycles. The molecule has 3 heterocycles. The normalized spacial score (nSPS) is 23.8. The highest BCUT2D eigenvalue weighted by atomic mass is 16.6. The number of rotatable bonds is 11. The van der Waals surface area contributed by atoms with E-state index in [0.29, 0.717) is 30.1 Å². The predicted molar refractivity (Wildman–Crippen MR) is 167 cm³/mol. The number of fused-ring (bicyclic) bond motifs is 2. The molecule has 226 valence electrons. The van der Waals surface area contributed by atoms with Crippen LogP contribution >= 0.6 is 0 Å². The van der Waals surface area contributed by atoms with Gasteiger partial charge in [0.25, 0.3) is 0 Å². The Morgan fingerprint density at radius 1 is 1.19 bits per heavy atom. The average Bonchev–Trinajstić information content (AvgIpc) is 3.14. The summed E-state index contributed by atoms with van der Waals surface area (Å²) in [5.74, 6) is 0.704. The third-order valence-electron chi connectivity index (χ3n) is 8.64. The largest absolute Gasteiger partial charge is 0.471 e. The van der Waals surface area contributed by atoms with Crippen LogP contribution in [0.25, 0.3) is 10.8 Å². The number of likely N-dealkylation sites (N-methyl/N-ethyl adjacent to an activating group) is 1. The van der Waals surface area contributed by atoms with E-state index in [1.165, 1.54) is 11.1 Å². The first kappa shape index (κ1) is 30.4. The van der Waals surface area contributed by atoms with Gasteiger partial charge in [-0.15, -0.1) is 0 Å². The molecule has 1 fully saturated rings. The maximum atomic E-state index is 7.11. The lowest BCUT2D eigenvalue weighted by Crippen LogP contribution is -2.82. The lowest BCUT2D eigenvalue weighted by atomic mass is 9.88. The lowest BCUT2D eigenvalue weighted by Gasteiger charge is -2.56. The molecule has 0 aliphatic carbocycles. The van der Waals surface area contributed by atoms with Gasteiger partial charge in [-0.1, -0.05) is 54.9 Å². The minimum Gasteiger partial charge on any atom is -0.471 e. The number of nitrogens with two attached hydrogens (primary N) is 2. The van der Waals surface area contributed by atoms with Crippen molar-refractivity contribution in [3.8, 4) is 5.88 Å². The summed E-state index contributed by atoms with van der Waals surface area (Å²) < 4.78 is 13.1. The van der Waals surface area contributed by atoms with Crippen LogP contribution < -0.4 is 16.2 Å². The Morgan fingerprint density at radius 2 is 2.00 bits per heavy atom. The summed E-state index contributed by atoms with van der Waals surface area (Å²) >= 11 is 0. The van der Waals surface area contributed by atoms with Crippen LogP contribution in [0.3, 0.4) is 0 Å². The van der Waals surface area contributed by atoms with Crippen molar-refractivity contribution in [3.05, 3.63) is 70.9 Å². The van der Waals surface area contributed by atoms with Crippen molar-refractivity contribution < 1.29 is 18.8 Å². The number of oxime groups is 1. The van der Waals surface area contributed by atoms with Crippen LogP contribution in [0.4, 0.5) is 0 Å². The van der Waals surface area contributed by atoms with Crippen molar-refractivity contribution in [3.63, 3.8) is 0 Å². The molecule has 0 saturated carbocycles. The molecule has 1 saturated heterocycles. The number of aryl methyl sites for hydroxylation is 2. The van der Waals surface area contributed by atoms with Crippen molar-refractivity contribution in [2.75, 3.05) is 47.4 Å². The Hall–Kier alpha value is -3.08. The molecule has 0 spiro atoms. The zero-order chi connectivity index (χ0) is 29.9. The monoisotopic (exact) mass is 575 g/mol. The SMILES string of the molecule is CCCCc1cc2ccccc2c(OCC[N+](C)(C)CC2(N)C(N)OC2N2CC/C(=N\OC)c3c(C)cccc3C2)n1. The minimum atomic E-state index is -0.721. The first-order chi connectivity index (χ1) is 20.1. The predicted octanol–water partition coefficient (Wildman–Crippen LogP) is 3.94. The fourth-order valence-electron chi connectivity index (χ4n) is 6.43. The average molecular weight is 576 g/mol. The maximum Gasteiger partial charge on any atom is 0.221 e. The number of pyridine rings is 1. The molecule has 0 bridgehead atoms. The van der Waals surface area contributed by atoms with E-state index >= 15 is 0 Å². The van der Waals surface area contributed by atoms with Crippen LogP contribution in [0.5, 0.6) is 5.88 Å². The van der Waals surface area contributed by atoms with E-state index in [-0.39, 0.29) is 6.23 Å². The molecule has 4 N–H and O–H groups in total. The summed E-state index contributed by atoms with van der Waals surface area (Å²) in [4.78, 5) is 12.4. The van der Waals surface area contributed by atoms with Crippen LogP contribution in [0.1, 0.15) is 48.6 Å². The van der Waals surface area contributed by atoms with Crippen molar-refractivity contribution in [1.82, 2.24) is 9.88 Å². The zero-order valence-corrected chi connectivity index (χ0v) is 25.8. The highest BCUT2D eigenvalue weighted by Gasteiger charge is 2.58. The smallest absolute Gasteiger partial charge is 0.221 e. The molecule has 9 nitrogen and oxygen atoms in total. The molecule has 3 unspecified atom stereocenters. The van der Waals surface area contributed by atoms with E-state index in [9.17, 15) is 0 Å². The van der Waals surface area contributed by atoms with Gasteiger partial charge in [-0.25, -0.2) is 4.98 Å². The summed E-state index contributed by atoms with van der Waals surface area (Å²) in [7, 11) is 5.94. The number of unbranched alkanes of at least 4 members (excludes halogenated alkanes) is 1. The van der Waals surface area contributed by atoms with Crippen LogP contribution in [0.15, 0.2) is 53.7 Å². The summed E-state index contributed by atoms with van der Waals surface area (Å²) in [5, 5.41) is 6.57. The fourth-order valence-corrected chi connectivity index (χ4v) is 6.43. The van der Waals surface area contributed by atoms with Crippen LogP contribution in [0, 0.1) is 6.92 Å². The summed E-state index contributed by atoms with van der Waals surface area (Å²) in [6.45, 7) is 7.68. The van der Waals surface area contributed by atoms with E-state index in [0.717, 1.165) is 66.5 Å². The maximum absolute atomic E-state index is 7.11. The first-order valence-corrected chi connectivity index (χ1v) is 15.1. The van der Waals surface area contributed by atoms with E-state index < -0.39 is 11.8 Å². The second kappa shape index (κ2) is 12.7. The summed E-state index contributed by atoms with van der Waals surface area (Å²) in [6.07, 6.45) is 3.08. The van der Waals surface area contributed by atoms with E-state index in [1.54, 1.807) is 7.11 Å². The Kier molecular flexibility index (Phi) is 9.15. The van der Waals surface area contributed by atoms with Gasteiger partial charge in [-0.3, -0.25) is 4.90 Å². The van der Waals surface area contributed by atoms with Crippen molar-refractivity contribution in [2.45, 2.75) is 64.1 Å². The molecule has 2 aliphatic rings. The number of ether oxygens (including phenoxy) is 2. The van der Waals surface area contributed by atoms with Gasteiger partial charge in [0, 0.05) is 36.2 Å². The minimum absolute atomic E-state index is 0.304. The fraction of sp³-hybridized carbons (Fsp3) is 0.515. The number of hydrogen-bond acceptors (Lipinski definition) is 8. The Bertz CT molecular complexity index is 1430. The third-order valence-corrected chi connectivity index (χ3v) is 8.64. The molecule has 0 radical (unpaired) electrons. The number of quaternary nitrogens is 1. The van der Waals surface area contributed by atoms with Crippen molar-refractivity contribution in [2.24, 2.45) is 16.6 Å². The zero-order valence-electron chi connectivity index (χ0n) is 25.8. The Balaban J connectivity index is 1.27. The number of hydrogen-bond donors (Lipinski definition) is 2. The van der Waals surface area contributed by atoms with Gasteiger partial charge in [-0.05, 0) is 48.4 Å². The summed E-state index contributed by atoms with van der Waals surface area (Å²) in [6, 6.07) is 16.8. The Labute approximate surface area is 250 Å². The van der Waals surface area contributed by atoms with E-state index in [2.05, 4.69) is 80.5 Å². The van der Waals surface area contributed by atoms with Crippen LogP contribution in [0.2, 0.25) is 0 Å². The van der Waals surface area contributed by atoms with Gasteiger partial charge < -0.3 is 30.3 Å². The topological polar surface area (TPSA) is 108 Å². The molecule has 9 heteroatoms. The molecule has 42 heavy (non-hydrogen) atoms. The highest BCUT2D eigenvalue weighted by molar-refractivity contribution is 6.03. The highest BCUT2D eigenvalue weighted by Crippen LogP contribution is 2.36. The van der Waals surface area contributed by atoms with Gasteiger partial charge in [0.1, 0.15) is 44.8 Å². The van der Waals surface area contributed by atoms with Crippen LogP contribution in [-0.4, -0.2) is 85.5 Å². The standard InChI is InChI=1S/C33H47N6O3/c1-6-7-14-26-20-24-12-8-9-15-27(24)30(36-26)41-19-18-39(3,4)22-33(35)31(34)42-32(33)38-17-16-28(37-40-5)29-23(2)11-10-13-25(29)21-38/h8-13,15,20,31-32H,6-7,14,16-19,21-22,34-35H2,1-5H3/q+1/b37-28+. The molecule has 2 aromatic carbocycles. The van der Waals surface area contributed by atoms with Gasteiger partial charge in [0.05, 0.1) is 19.8 Å². The number of benzene rings is 2. The van der Waals surface area contributed by atoms with E-state index in [1.807, 2.05) is 6.07 Å². The molecule has 3 aromatic rings. The number of aromatic nitrogens is 1. The first-order valence-electron chi connectivity index (χ1n) is 15.1. The van der Waals surface area contributed by atoms with Gasteiger partial charge in [0.2, 0.25) is 5.88 Å². The molecular formula is C33H47N6O3+. The second-order valence-corrected chi connectivity index (χ2v) is 12.5.